The molecule has 1 aromatic heterocycles. The molecule has 0 bridgehead atoms. The monoisotopic (exact) mass is 278 g/mol. The van der Waals surface area contributed by atoms with Gasteiger partial charge in [0.15, 0.2) is 5.69 Å². The van der Waals surface area contributed by atoms with Crippen LogP contribution in [-0.2, 0) is 16.1 Å². The highest BCUT2D eigenvalue weighted by molar-refractivity contribution is 5.89. The van der Waals surface area contributed by atoms with Crippen molar-refractivity contribution >= 4 is 11.9 Å². The van der Waals surface area contributed by atoms with Gasteiger partial charge in [-0.2, -0.15) is 0 Å². The summed E-state index contributed by atoms with van der Waals surface area (Å²) in [6, 6.07) is 0.319. The second kappa shape index (κ2) is 5.22. The molecule has 1 N–H and O–H groups in total. The minimum absolute atomic E-state index is 0.0743. The second-order valence-corrected chi connectivity index (χ2v) is 5.32. The topological polar surface area (TPSA) is 86.1 Å². The first-order valence-corrected chi connectivity index (χ1v) is 7.09. The molecular weight excluding hydrogens is 260 g/mol. The van der Waals surface area contributed by atoms with Crippen molar-refractivity contribution < 1.29 is 14.3 Å². The van der Waals surface area contributed by atoms with E-state index in [1.54, 1.807) is 11.6 Å². The van der Waals surface area contributed by atoms with E-state index in [1.165, 1.54) is 0 Å². The van der Waals surface area contributed by atoms with Gasteiger partial charge in [-0.15, -0.1) is 5.10 Å². The largest absolute Gasteiger partial charge is 0.461 e. The van der Waals surface area contributed by atoms with Crippen LogP contribution in [0.15, 0.2) is 0 Å². The summed E-state index contributed by atoms with van der Waals surface area (Å²) < 4.78 is 6.53. The smallest absolute Gasteiger partial charge is 0.360 e. The SMILES string of the molecule is CCOC(=O)c1nnn(CC(=O)NC2CC2)c1C1CC1. The molecule has 0 aromatic carbocycles. The zero-order chi connectivity index (χ0) is 14.1. The lowest BCUT2D eigenvalue weighted by Crippen LogP contribution is -2.30. The van der Waals surface area contributed by atoms with Crippen LogP contribution in [-0.4, -0.2) is 39.5 Å². The van der Waals surface area contributed by atoms with Gasteiger partial charge in [-0.3, -0.25) is 4.79 Å². The molecular formula is C13H18N4O3. The van der Waals surface area contributed by atoms with Crippen molar-refractivity contribution in [2.24, 2.45) is 0 Å². The molecule has 0 atom stereocenters. The van der Waals surface area contributed by atoms with Crippen LogP contribution in [0.1, 0.15) is 54.7 Å². The van der Waals surface area contributed by atoms with Gasteiger partial charge in [-0.05, 0) is 32.6 Å². The Hall–Kier alpha value is -1.92. The van der Waals surface area contributed by atoms with Gasteiger partial charge in [-0.25, -0.2) is 9.48 Å². The summed E-state index contributed by atoms with van der Waals surface area (Å²) in [4.78, 5) is 23.7. The Balaban J connectivity index is 1.75. The van der Waals surface area contributed by atoms with Crippen LogP contribution in [0.4, 0.5) is 0 Å². The standard InChI is InChI=1S/C13H18N4O3/c1-2-20-13(19)11-12(8-3-4-8)17(16-15-11)7-10(18)14-9-5-6-9/h8-9H,2-7H2,1H3,(H,14,18). The Kier molecular flexibility index (Phi) is 3.42. The summed E-state index contributed by atoms with van der Waals surface area (Å²) in [5, 5.41) is 10.8. The Labute approximate surface area is 116 Å². The molecule has 2 fully saturated rings. The molecule has 20 heavy (non-hydrogen) atoms. The van der Waals surface area contributed by atoms with Crippen molar-refractivity contribution in [3.63, 3.8) is 0 Å². The molecule has 7 heteroatoms. The molecule has 0 unspecified atom stereocenters. The van der Waals surface area contributed by atoms with E-state index < -0.39 is 5.97 Å². The van der Waals surface area contributed by atoms with Crippen LogP contribution in [0.3, 0.4) is 0 Å². The van der Waals surface area contributed by atoms with Gasteiger partial charge in [0.05, 0.1) is 12.3 Å². The number of amides is 1. The fourth-order valence-electron chi connectivity index (χ4n) is 2.18. The third kappa shape index (κ3) is 2.81. The number of nitrogens with one attached hydrogen (secondary N) is 1. The number of carbonyl (C=O) groups excluding carboxylic acids is 2. The molecule has 1 aromatic rings. The summed E-state index contributed by atoms with van der Waals surface area (Å²) in [6.45, 7) is 2.18. The number of carbonyl (C=O) groups is 2. The normalized spacial score (nSPS) is 17.9. The van der Waals surface area contributed by atoms with Crippen LogP contribution < -0.4 is 5.32 Å². The number of hydrogen-bond donors (Lipinski definition) is 1. The molecule has 2 saturated carbocycles. The van der Waals surface area contributed by atoms with E-state index in [9.17, 15) is 9.59 Å². The fraction of sp³-hybridized carbons (Fsp3) is 0.692. The Morgan fingerprint density at radius 2 is 2.10 bits per heavy atom. The lowest BCUT2D eigenvalue weighted by atomic mass is 10.2. The molecule has 1 amide bonds. The highest BCUT2D eigenvalue weighted by atomic mass is 16.5. The molecule has 0 saturated heterocycles. The lowest BCUT2D eigenvalue weighted by molar-refractivity contribution is -0.122. The quantitative estimate of drug-likeness (QED) is 0.770. The first kappa shape index (κ1) is 13.1. The van der Waals surface area contributed by atoms with Crippen LogP contribution in [0.25, 0.3) is 0 Å². The maximum Gasteiger partial charge on any atom is 0.360 e. The third-order valence-electron chi connectivity index (χ3n) is 3.44. The number of rotatable bonds is 6. The van der Waals surface area contributed by atoms with Crippen molar-refractivity contribution in [3.05, 3.63) is 11.4 Å². The van der Waals surface area contributed by atoms with Gasteiger partial charge in [0.25, 0.3) is 0 Å². The maximum atomic E-state index is 11.8. The fourth-order valence-corrected chi connectivity index (χ4v) is 2.18. The minimum Gasteiger partial charge on any atom is -0.461 e. The first-order valence-electron chi connectivity index (χ1n) is 7.09. The summed E-state index contributed by atoms with van der Waals surface area (Å²) in [5.41, 5.74) is 1.00. The number of nitrogens with zero attached hydrogens (tertiary/aromatic N) is 3. The van der Waals surface area contributed by atoms with E-state index >= 15 is 0 Å². The molecule has 1 heterocycles. The molecule has 2 aliphatic carbocycles. The summed E-state index contributed by atoms with van der Waals surface area (Å²) >= 11 is 0. The summed E-state index contributed by atoms with van der Waals surface area (Å²) in [7, 11) is 0. The average molecular weight is 278 g/mol. The van der Waals surface area contributed by atoms with E-state index in [0.29, 0.717) is 12.6 Å². The highest BCUT2D eigenvalue weighted by Gasteiger charge is 2.35. The van der Waals surface area contributed by atoms with Crippen LogP contribution in [0.5, 0.6) is 0 Å². The average Bonchev–Trinajstić information content (AvgIpc) is 3.31. The Morgan fingerprint density at radius 3 is 2.70 bits per heavy atom. The molecule has 2 aliphatic rings. The van der Waals surface area contributed by atoms with Gasteiger partial charge >= 0.3 is 5.97 Å². The van der Waals surface area contributed by atoms with Gasteiger partial charge in [0, 0.05) is 12.0 Å². The zero-order valence-electron chi connectivity index (χ0n) is 11.5. The van der Waals surface area contributed by atoms with E-state index in [1.807, 2.05) is 0 Å². The van der Waals surface area contributed by atoms with Crippen LogP contribution in [0.2, 0.25) is 0 Å². The van der Waals surface area contributed by atoms with Crippen molar-refractivity contribution in [2.75, 3.05) is 6.61 Å². The van der Waals surface area contributed by atoms with Crippen molar-refractivity contribution in [2.45, 2.75) is 51.1 Å². The molecule has 0 aliphatic heterocycles. The van der Waals surface area contributed by atoms with Crippen molar-refractivity contribution in [1.82, 2.24) is 20.3 Å². The Morgan fingerprint density at radius 1 is 1.35 bits per heavy atom. The van der Waals surface area contributed by atoms with Crippen LogP contribution in [0, 0.1) is 0 Å². The summed E-state index contributed by atoms with van der Waals surface area (Å²) in [6.07, 6.45) is 4.10. The molecule has 0 radical (unpaired) electrons. The molecule has 0 spiro atoms. The van der Waals surface area contributed by atoms with Gasteiger partial charge in [0.1, 0.15) is 6.54 Å². The van der Waals surface area contributed by atoms with Gasteiger partial charge in [-0.1, -0.05) is 5.21 Å². The first-order chi connectivity index (χ1) is 9.69. The number of esters is 1. The highest BCUT2D eigenvalue weighted by Crippen LogP contribution is 2.41. The zero-order valence-corrected chi connectivity index (χ0v) is 11.5. The molecule has 108 valence electrons. The number of aromatic nitrogens is 3. The number of ether oxygens (including phenoxy) is 1. The minimum atomic E-state index is -0.455. The molecule has 3 rings (SSSR count). The summed E-state index contributed by atoms with van der Waals surface area (Å²) in [5.74, 6) is -0.254. The van der Waals surface area contributed by atoms with Crippen molar-refractivity contribution in [1.29, 1.82) is 0 Å². The van der Waals surface area contributed by atoms with Crippen LogP contribution >= 0.6 is 0 Å². The second-order valence-electron chi connectivity index (χ2n) is 5.32. The van der Waals surface area contributed by atoms with E-state index in [2.05, 4.69) is 15.6 Å². The van der Waals surface area contributed by atoms with Gasteiger partial charge < -0.3 is 10.1 Å². The predicted molar refractivity (Wildman–Crippen MR) is 69.1 cm³/mol. The Bertz CT molecular complexity index is 532. The van der Waals surface area contributed by atoms with Crippen molar-refractivity contribution in [3.8, 4) is 0 Å². The van der Waals surface area contributed by atoms with Gasteiger partial charge in [0.2, 0.25) is 5.91 Å². The third-order valence-corrected chi connectivity index (χ3v) is 3.44. The maximum absolute atomic E-state index is 11.8. The number of hydrogen-bond acceptors (Lipinski definition) is 5. The predicted octanol–water partition coefficient (Wildman–Crippen LogP) is 0.611. The van der Waals surface area contributed by atoms with E-state index in [-0.39, 0.29) is 24.1 Å². The van der Waals surface area contributed by atoms with E-state index in [0.717, 1.165) is 31.4 Å². The lowest BCUT2D eigenvalue weighted by Gasteiger charge is -2.07. The van der Waals surface area contributed by atoms with E-state index in [4.69, 9.17) is 4.74 Å². The molecule has 7 nitrogen and oxygen atoms in total.